The van der Waals surface area contributed by atoms with Gasteiger partial charge in [0.05, 0.1) is 7.11 Å². The second kappa shape index (κ2) is 2.88. The third-order valence-corrected chi connectivity index (χ3v) is 1.39. The van der Waals surface area contributed by atoms with E-state index in [1.807, 2.05) is 13.0 Å². The first-order valence-corrected chi connectivity index (χ1v) is 3.20. The van der Waals surface area contributed by atoms with Crippen LogP contribution in [0.25, 0.3) is 0 Å². The highest BCUT2D eigenvalue weighted by Crippen LogP contribution is 2.21. The van der Waals surface area contributed by atoms with Gasteiger partial charge < -0.3 is 9.84 Å². The average molecular weight is 139 g/mol. The summed E-state index contributed by atoms with van der Waals surface area (Å²) in [5.74, 6) is 0.723. The fourth-order valence-electron chi connectivity index (χ4n) is 0.954. The fraction of sp³-hybridized carbons (Fsp3) is 0.375. The molecule has 1 aliphatic rings. The van der Waals surface area contributed by atoms with Crippen molar-refractivity contribution in [2.75, 3.05) is 7.11 Å². The van der Waals surface area contributed by atoms with Crippen LogP contribution in [0, 0.1) is 6.10 Å². The molecular formula is C8H11O2. The van der Waals surface area contributed by atoms with Gasteiger partial charge in [-0.15, -0.1) is 0 Å². The molecule has 0 aliphatic heterocycles. The first kappa shape index (κ1) is 7.35. The quantitative estimate of drug-likeness (QED) is 0.600. The minimum atomic E-state index is 0.372. The molecule has 0 aromatic heterocycles. The number of aliphatic hydroxyl groups excluding tert-OH is 1. The Morgan fingerprint density at radius 3 is 2.70 bits per heavy atom. The van der Waals surface area contributed by atoms with Crippen molar-refractivity contribution >= 4 is 0 Å². The van der Waals surface area contributed by atoms with E-state index < -0.39 is 0 Å². The second-order valence-corrected chi connectivity index (χ2v) is 2.41. The molecule has 0 aromatic carbocycles. The summed E-state index contributed by atoms with van der Waals surface area (Å²) in [5.41, 5.74) is 1.12. The zero-order chi connectivity index (χ0) is 7.56. The molecule has 0 amide bonds. The van der Waals surface area contributed by atoms with Gasteiger partial charge in [-0.05, 0) is 19.1 Å². The molecule has 0 atom stereocenters. The van der Waals surface area contributed by atoms with Crippen LogP contribution in [-0.2, 0) is 4.74 Å². The smallest absolute Gasteiger partial charge is 0.123 e. The molecule has 2 heteroatoms. The zero-order valence-corrected chi connectivity index (χ0v) is 6.22. The molecule has 10 heavy (non-hydrogen) atoms. The van der Waals surface area contributed by atoms with Crippen molar-refractivity contribution < 1.29 is 9.84 Å². The molecular weight excluding hydrogens is 128 g/mol. The molecule has 0 aromatic rings. The van der Waals surface area contributed by atoms with Crippen LogP contribution in [-0.4, -0.2) is 12.2 Å². The van der Waals surface area contributed by atoms with Gasteiger partial charge in [0.25, 0.3) is 0 Å². The molecule has 1 aliphatic carbocycles. The number of aliphatic hydroxyl groups is 1. The van der Waals surface area contributed by atoms with Gasteiger partial charge in [-0.25, -0.2) is 0 Å². The van der Waals surface area contributed by atoms with E-state index in [0.717, 1.165) is 11.3 Å². The van der Waals surface area contributed by atoms with E-state index in [2.05, 4.69) is 0 Å². The first-order chi connectivity index (χ1) is 4.72. The van der Waals surface area contributed by atoms with E-state index in [9.17, 15) is 0 Å². The van der Waals surface area contributed by atoms with Crippen molar-refractivity contribution in [3.8, 4) is 0 Å². The molecule has 0 spiro atoms. The van der Waals surface area contributed by atoms with Gasteiger partial charge in [0.1, 0.15) is 11.9 Å². The molecule has 55 valence electrons. The maximum atomic E-state index is 9.10. The number of hydrogen-bond acceptors (Lipinski definition) is 2. The van der Waals surface area contributed by atoms with Crippen LogP contribution in [0.5, 0.6) is 0 Å². The summed E-state index contributed by atoms with van der Waals surface area (Å²) in [6.45, 7) is 1.96. The van der Waals surface area contributed by atoms with E-state index >= 15 is 0 Å². The highest BCUT2D eigenvalue weighted by Gasteiger charge is 2.10. The number of rotatable bonds is 1. The number of methoxy groups -OCH3 is 1. The minimum absolute atomic E-state index is 0.372. The number of hydrogen-bond donors (Lipinski definition) is 1. The van der Waals surface area contributed by atoms with Crippen molar-refractivity contribution in [2.45, 2.75) is 13.3 Å². The molecule has 1 rings (SSSR count). The predicted octanol–water partition coefficient (Wildman–Crippen LogP) is 1.77. The molecule has 1 N–H and O–H groups in total. The van der Waals surface area contributed by atoms with Crippen LogP contribution < -0.4 is 0 Å². The van der Waals surface area contributed by atoms with E-state index in [4.69, 9.17) is 9.84 Å². The number of ether oxygens (including phenoxy) is 1. The van der Waals surface area contributed by atoms with Crippen molar-refractivity contribution in [2.24, 2.45) is 0 Å². The van der Waals surface area contributed by atoms with Gasteiger partial charge in [0, 0.05) is 6.42 Å². The van der Waals surface area contributed by atoms with Crippen molar-refractivity contribution in [1.29, 1.82) is 0 Å². The third kappa shape index (κ3) is 1.61. The van der Waals surface area contributed by atoms with Crippen LogP contribution in [0.4, 0.5) is 0 Å². The molecule has 1 radical (unpaired) electrons. The third-order valence-electron chi connectivity index (χ3n) is 1.39. The molecule has 0 unspecified atom stereocenters. The van der Waals surface area contributed by atoms with Crippen molar-refractivity contribution in [1.82, 2.24) is 0 Å². The highest BCUT2D eigenvalue weighted by atomic mass is 16.5. The van der Waals surface area contributed by atoms with Gasteiger partial charge in [-0.1, -0.05) is 5.57 Å². The Morgan fingerprint density at radius 2 is 2.20 bits per heavy atom. The lowest BCUT2D eigenvalue weighted by atomic mass is 10.0. The summed E-state index contributed by atoms with van der Waals surface area (Å²) in [5, 5.41) is 9.10. The summed E-state index contributed by atoms with van der Waals surface area (Å²) >= 11 is 0. The minimum Gasteiger partial charge on any atom is -0.497 e. The largest absolute Gasteiger partial charge is 0.497 e. The fourth-order valence-corrected chi connectivity index (χ4v) is 0.954. The maximum absolute atomic E-state index is 9.10. The summed E-state index contributed by atoms with van der Waals surface area (Å²) in [6, 6.07) is 0. The first-order valence-electron chi connectivity index (χ1n) is 3.20. The van der Waals surface area contributed by atoms with Gasteiger partial charge in [0.2, 0.25) is 0 Å². The topological polar surface area (TPSA) is 29.5 Å². The summed E-state index contributed by atoms with van der Waals surface area (Å²) in [4.78, 5) is 0. The van der Waals surface area contributed by atoms with Crippen molar-refractivity contribution in [3.05, 3.63) is 29.6 Å². The van der Waals surface area contributed by atoms with Gasteiger partial charge in [-0.3, -0.25) is 0 Å². The monoisotopic (exact) mass is 139 g/mol. The Hall–Kier alpha value is -0.760. The van der Waals surface area contributed by atoms with Crippen LogP contribution in [0.1, 0.15) is 13.3 Å². The normalized spacial score (nSPS) is 19.9. The lowest BCUT2D eigenvalue weighted by molar-refractivity contribution is 0.281. The molecule has 0 heterocycles. The Balaban J connectivity index is 2.72. The van der Waals surface area contributed by atoms with Gasteiger partial charge in [-0.2, -0.15) is 0 Å². The Bertz CT molecular complexity index is 180. The van der Waals surface area contributed by atoms with Crippen LogP contribution in [0.3, 0.4) is 0 Å². The van der Waals surface area contributed by atoms with E-state index in [0.29, 0.717) is 12.5 Å². The Morgan fingerprint density at radius 1 is 1.50 bits per heavy atom. The van der Waals surface area contributed by atoms with Crippen LogP contribution >= 0.6 is 0 Å². The standard InChI is InChI=1S/C8H11O2/c1-6-3-7(9)5-8(4-6)10-2/h4-5,9H,3H2,1-2H3. The summed E-state index contributed by atoms with van der Waals surface area (Å²) in [7, 11) is 1.59. The van der Waals surface area contributed by atoms with Crippen LogP contribution in [0.2, 0.25) is 0 Å². The van der Waals surface area contributed by atoms with Gasteiger partial charge in [0.15, 0.2) is 0 Å². The van der Waals surface area contributed by atoms with E-state index in [-0.39, 0.29) is 0 Å². The SMILES string of the molecule is COC1=C[C](O)CC(C)=C1. The summed E-state index contributed by atoms with van der Waals surface area (Å²) in [6.07, 6.45) is 4.57. The predicted molar refractivity (Wildman–Crippen MR) is 38.6 cm³/mol. The molecule has 2 nitrogen and oxygen atoms in total. The Labute approximate surface area is 60.8 Å². The summed E-state index contributed by atoms with van der Waals surface area (Å²) < 4.78 is 4.94. The lowest BCUT2D eigenvalue weighted by Crippen LogP contribution is -2.00. The molecule has 0 fully saturated rings. The number of allylic oxidation sites excluding steroid dienone is 1. The Kier molecular flexibility index (Phi) is 2.12. The highest BCUT2D eigenvalue weighted by molar-refractivity contribution is 5.29. The maximum Gasteiger partial charge on any atom is 0.123 e. The van der Waals surface area contributed by atoms with Crippen molar-refractivity contribution in [3.63, 3.8) is 0 Å². The molecule has 0 bridgehead atoms. The van der Waals surface area contributed by atoms with Gasteiger partial charge >= 0.3 is 0 Å². The second-order valence-electron chi connectivity index (χ2n) is 2.41. The zero-order valence-electron chi connectivity index (χ0n) is 6.22. The lowest BCUT2D eigenvalue weighted by Gasteiger charge is -2.12. The molecule has 0 saturated carbocycles. The van der Waals surface area contributed by atoms with E-state index in [1.165, 1.54) is 0 Å². The van der Waals surface area contributed by atoms with E-state index in [1.54, 1.807) is 13.2 Å². The van der Waals surface area contributed by atoms with Crippen LogP contribution in [0.15, 0.2) is 23.5 Å². The average Bonchev–Trinajstić information content (AvgIpc) is 1.85. The molecule has 0 saturated heterocycles.